The van der Waals surface area contributed by atoms with E-state index >= 15 is 0 Å². The molecule has 0 aromatic rings. The molecule has 0 spiro atoms. The molecule has 28 heavy (non-hydrogen) atoms. The lowest BCUT2D eigenvalue weighted by Crippen LogP contribution is -2.52. The summed E-state index contributed by atoms with van der Waals surface area (Å²) in [5.74, 6) is -1.43. The summed E-state index contributed by atoms with van der Waals surface area (Å²) in [4.78, 5) is 26.1. The Morgan fingerprint density at radius 3 is 1.43 bits per heavy atom. The third-order valence-electron chi connectivity index (χ3n) is 6.76. The van der Waals surface area contributed by atoms with Crippen LogP contribution in [0.4, 0.5) is 0 Å². The molecule has 0 radical (unpaired) electrons. The molecule has 1 saturated heterocycles. The van der Waals surface area contributed by atoms with Crippen molar-refractivity contribution in [2.45, 2.75) is 122 Å². The number of carbonyl (C=O) groups is 2. The third kappa shape index (κ3) is 4.88. The highest BCUT2D eigenvalue weighted by Crippen LogP contribution is 2.42. The Morgan fingerprint density at radius 2 is 1.11 bits per heavy atom. The van der Waals surface area contributed by atoms with E-state index in [1.807, 2.05) is 27.7 Å². The van der Waals surface area contributed by atoms with Crippen molar-refractivity contribution in [1.82, 2.24) is 10.6 Å². The summed E-state index contributed by atoms with van der Waals surface area (Å²) in [6.45, 7) is 7.85. The molecular weight excluding hydrogens is 356 g/mol. The molecular formula is C22H38N2O4. The Kier molecular flexibility index (Phi) is 6.70. The number of carbonyl (C=O) groups excluding carboxylic acids is 2. The van der Waals surface area contributed by atoms with Gasteiger partial charge in [-0.15, -0.1) is 0 Å². The van der Waals surface area contributed by atoms with Crippen molar-refractivity contribution in [2.75, 3.05) is 0 Å². The zero-order chi connectivity index (χ0) is 20.4. The van der Waals surface area contributed by atoms with Gasteiger partial charge in [-0.2, -0.15) is 0 Å². The van der Waals surface area contributed by atoms with Crippen LogP contribution in [0.3, 0.4) is 0 Å². The third-order valence-corrected chi connectivity index (χ3v) is 6.76. The number of hydrogen-bond donors (Lipinski definition) is 2. The minimum Gasteiger partial charge on any atom is -0.351 e. The quantitative estimate of drug-likeness (QED) is 0.766. The minimum atomic E-state index is -0.990. The fourth-order valence-electron chi connectivity index (χ4n) is 4.43. The molecule has 6 nitrogen and oxygen atoms in total. The Labute approximate surface area is 169 Å². The van der Waals surface area contributed by atoms with Crippen LogP contribution in [0.1, 0.15) is 91.9 Å². The van der Waals surface area contributed by atoms with E-state index in [0.29, 0.717) is 0 Å². The van der Waals surface area contributed by atoms with E-state index in [0.717, 1.165) is 51.4 Å². The highest BCUT2D eigenvalue weighted by molar-refractivity contribution is 5.91. The van der Waals surface area contributed by atoms with Crippen molar-refractivity contribution in [3.05, 3.63) is 0 Å². The molecule has 1 heterocycles. The van der Waals surface area contributed by atoms with Crippen LogP contribution in [-0.4, -0.2) is 41.9 Å². The topological polar surface area (TPSA) is 76.7 Å². The highest BCUT2D eigenvalue weighted by atomic mass is 16.8. The summed E-state index contributed by atoms with van der Waals surface area (Å²) in [5.41, 5.74) is -0.365. The van der Waals surface area contributed by atoms with Gasteiger partial charge in [-0.05, 0) is 32.6 Å². The number of hydrogen-bond acceptors (Lipinski definition) is 4. The Balaban J connectivity index is 1.71. The first-order chi connectivity index (χ1) is 13.2. The van der Waals surface area contributed by atoms with Gasteiger partial charge in [-0.1, -0.05) is 59.3 Å². The standard InChI is InChI=1S/C22H38N2O4/c1-21(2,3)22(4)27-17(19(25)23-15-11-7-5-8-12-15)18(28-22)20(26)24-16-13-9-6-10-14-16/h15-18H,5-14H2,1-4H3,(H,23,25)(H,24,26)/t17-,18+,22?. The molecule has 2 amide bonds. The largest absolute Gasteiger partial charge is 0.351 e. The molecule has 3 fully saturated rings. The molecule has 3 atom stereocenters. The Hall–Kier alpha value is -1.14. The number of ether oxygens (including phenoxy) is 2. The van der Waals surface area contributed by atoms with Gasteiger partial charge < -0.3 is 20.1 Å². The van der Waals surface area contributed by atoms with Crippen LogP contribution in [0.25, 0.3) is 0 Å². The molecule has 160 valence electrons. The van der Waals surface area contributed by atoms with Crippen LogP contribution in [0.15, 0.2) is 0 Å². The summed E-state index contributed by atoms with van der Waals surface area (Å²) < 4.78 is 12.3. The Bertz CT molecular complexity index is 519. The van der Waals surface area contributed by atoms with Gasteiger partial charge in [-0.25, -0.2) is 0 Å². The summed E-state index contributed by atoms with van der Waals surface area (Å²) in [5, 5.41) is 6.23. The van der Waals surface area contributed by atoms with Gasteiger partial charge in [0.2, 0.25) is 0 Å². The predicted octanol–water partition coefficient (Wildman–Crippen LogP) is 3.43. The molecule has 0 aromatic heterocycles. The van der Waals surface area contributed by atoms with Gasteiger partial charge in [0, 0.05) is 17.5 Å². The molecule has 3 aliphatic rings. The van der Waals surface area contributed by atoms with Gasteiger partial charge in [0.25, 0.3) is 11.8 Å². The molecule has 1 aliphatic heterocycles. The molecule has 2 aliphatic carbocycles. The molecule has 0 bridgehead atoms. The smallest absolute Gasteiger partial charge is 0.252 e. The number of nitrogens with one attached hydrogen (secondary N) is 2. The maximum Gasteiger partial charge on any atom is 0.252 e. The summed E-state index contributed by atoms with van der Waals surface area (Å²) in [6.07, 6.45) is 9.16. The highest BCUT2D eigenvalue weighted by Gasteiger charge is 2.56. The second-order valence-corrected chi connectivity index (χ2v) is 9.96. The SMILES string of the molecule is CC(C)(C)C1(C)O[C@H](C(=O)NC2CCCCC2)[C@H](C(=O)NC2CCCCC2)O1. The zero-order valence-corrected chi connectivity index (χ0v) is 18.0. The van der Waals surface area contributed by atoms with E-state index < -0.39 is 18.0 Å². The molecule has 0 aromatic carbocycles. The predicted molar refractivity (Wildman–Crippen MR) is 108 cm³/mol. The van der Waals surface area contributed by atoms with Crippen LogP contribution in [0.2, 0.25) is 0 Å². The van der Waals surface area contributed by atoms with E-state index in [9.17, 15) is 9.59 Å². The average Bonchev–Trinajstić information content (AvgIpc) is 3.03. The molecule has 2 saturated carbocycles. The van der Waals surface area contributed by atoms with Crippen LogP contribution >= 0.6 is 0 Å². The molecule has 3 rings (SSSR count). The van der Waals surface area contributed by atoms with Crippen LogP contribution < -0.4 is 10.6 Å². The van der Waals surface area contributed by atoms with Crippen LogP contribution in [-0.2, 0) is 19.1 Å². The first kappa shape index (κ1) is 21.6. The Morgan fingerprint density at radius 1 is 0.750 bits per heavy atom. The van der Waals surface area contributed by atoms with E-state index in [2.05, 4.69) is 10.6 Å². The maximum atomic E-state index is 13.0. The average molecular weight is 395 g/mol. The van der Waals surface area contributed by atoms with Gasteiger partial charge in [-0.3, -0.25) is 9.59 Å². The van der Waals surface area contributed by atoms with Gasteiger partial charge in [0.15, 0.2) is 18.0 Å². The molecule has 2 N–H and O–H groups in total. The maximum absolute atomic E-state index is 13.0. The number of rotatable bonds is 4. The van der Waals surface area contributed by atoms with Gasteiger partial charge >= 0.3 is 0 Å². The van der Waals surface area contributed by atoms with E-state index in [-0.39, 0.29) is 29.3 Å². The molecule has 1 unspecified atom stereocenters. The van der Waals surface area contributed by atoms with Gasteiger partial charge in [0.1, 0.15) is 0 Å². The summed E-state index contributed by atoms with van der Waals surface area (Å²) in [7, 11) is 0. The second kappa shape index (κ2) is 8.70. The van der Waals surface area contributed by atoms with E-state index in [1.54, 1.807) is 0 Å². The lowest BCUT2D eigenvalue weighted by molar-refractivity contribution is -0.223. The van der Waals surface area contributed by atoms with Crippen molar-refractivity contribution in [2.24, 2.45) is 5.41 Å². The van der Waals surface area contributed by atoms with Crippen molar-refractivity contribution >= 4 is 11.8 Å². The van der Waals surface area contributed by atoms with Crippen LogP contribution in [0, 0.1) is 5.41 Å². The van der Waals surface area contributed by atoms with Gasteiger partial charge in [0.05, 0.1) is 0 Å². The van der Waals surface area contributed by atoms with Crippen LogP contribution in [0.5, 0.6) is 0 Å². The summed E-state index contributed by atoms with van der Waals surface area (Å²) >= 11 is 0. The first-order valence-corrected chi connectivity index (χ1v) is 11.2. The number of amides is 2. The van der Waals surface area contributed by atoms with E-state index in [4.69, 9.17) is 9.47 Å². The van der Waals surface area contributed by atoms with Crippen molar-refractivity contribution < 1.29 is 19.1 Å². The van der Waals surface area contributed by atoms with E-state index in [1.165, 1.54) is 12.8 Å². The molecule has 6 heteroatoms. The lowest BCUT2D eigenvalue weighted by Gasteiger charge is -2.36. The fraction of sp³-hybridized carbons (Fsp3) is 0.909. The summed E-state index contributed by atoms with van der Waals surface area (Å²) in [6, 6.07) is 0.349. The van der Waals surface area contributed by atoms with Crippen molar-refractivity contribution in [3.8, 4) is 0 Å². The lowest BCUT2D eigenvalue weighted by atomic mass is 9.87. The first-order valence-electron chi connectivity index (χ1n) is 11.2. The zero-order valence-electron chi connectivity index (χ0n) is 18.0. The van der Waals surface area contributed by atoms with Crippen molar-refractivity contribution in [1.29, 1.82) is 0 Å². The fourth-order valence-corrected chi connectivity index (χ4v) is 4.43. The minimum absolute atomic E-state index is 0.174. The normalized spacial score (nSPS) is 32.9. The van der Waals surface area contributed by atoms with Crippen molar-refractivity contribution in [3.63, 3.8) is 0 Å². The monoisotopic (exact) mass is 394 g/mol. The second-order valence-electron chi connectivity index (χ2n) is 9.96.